The molecule has 0 fully saturated rings. The van der Waals surface area contributed by atoms with Gasteiger partial charge in [-0.1, -0.05) is 37.3 Å². The van der Waals surface area contributed by atoms with E-state index in [0.29, 0.717) is 19.0 Å². The minimum Gasteiger partial charge on any atom is -0.390 e. The summed E-state index contributed by atoms with van der Waals surface area (Å²) in [5.74, 6) is 0.475. The van der Waals surface area contributed by atoms with Crippen molar-refractivity contribution >= 4 is 0 Å². The van der Waals surface area contributed by atoms with Crippen LogP contribution in [0, 0.1) is 0 Å². The monoisotopic (exact) mass is 236 g/mol. The summed E-state index contributed by atoms with van der Waals surface area (Å²) in [6.45, 7) is 4.44. The number of aliphatic hydroxyl groups is 1. The van der Waals surface area contributed by atoms with Crippen LogP contribution in [0.1, 0.15) is 18.4 Å². The van der Waals surface area contributed by atoms with Gasteiger partial charge >= 0.3 is 0 Å². The molecule has 0 saturated heterocycles. The molecule has 17 heavy (non-hydrogen) atoms. The minimum absolute atomic E-state index is 0.298. The molecule has 0 amide bonds. The number of benzene rings is 1. The van der Waals surface area contributed by atoms with Crippen molar-refractivity contribution in [3.63, 3.8) is 0 Å². The normalized spacial score (nSPS) is 14.9. The summed E-state index contributed by atoms with van der Waals surface area (Å²) in [5.41, 5.74) is 1.34. The van der Waals surface area contributed by atoms with Crippen LogP contribution in [0.5, 0.6) is 0 Å². The van der Waals surface area contributed by atoms with Crippen molar-refractivity contribution in [3.05, 3.63) is 35.9 Å². The highest BCUT2D eigenvalue weighted by atomic mass is 16.3. The van der Waals surface area contributed by atoms with Gasteiger partial charge < -0.3 is 15.3 Å². The molecule has 0 aliphatic rings. The zero-order valence-corrected chi connectivity index (χ0v) is 11.1. The minimum atomic E-state index is -0.298. The fourth-order valence-corrected chi connectivity index (χ4v) is 1.85. The maximum atomic E-state index is 9.70. The van der Waals surface area contributed by atoms with Crippen molar-refractivity contribution in [1.29, 1.82) is 0 Å². The van der Waals surface area contributed by atoms with Crippen LogP contribution in [-0.4, -0.2) is 49.8 Å². The largest absolute Gasteiger partial charge is 0.390 e. The molecular formula is C14H24N2O. The predicted molar refractivity (Wildman–Crippen MR) is 72.3 cm³/mol. The lowest BCUT2D eigenvalue weighted by Gasteiger charge is -2.18. The third-order valence-electron chi connectivity index (χ3n) is 2.77. The van der Waals surface area contributed by atoms with Crippen LogP contribution < -0.4 is 5.32 Å². The summed E-state index contributed by atoms with van der Waals surface area (Å²) in [6.07, 6.45) is -0.298. The zero-order chi connectivity index (χ0) is 12.7. The summed E-state index contributed by atoms with van der Waals surface area (Å²) >= 11 is 0. The summed E-state index contributed by atoms with van der Waals surface area (Å²) in [4.78, 5) is 1.99. The molecule has 0 spiro atoms. The van der Waals surface area contributed by atoms with Gasteiger partial charge in [0.2, 0.25) is 0 Å². The fraction of sp³-hybridized carbons (Fsp3) is 0.571. The van der Waals surface area contributed by atoms with Gasteiger partial charge in [0.15, 0.2) is 0 Å². The van der Waals surface area contributed by atoms with Gasteiger partial charge in [-0.25, -0.2) is 0 Å². The van der Waals surface area contributed by atoms with E-state index in [2.05, 4.69) is 36.5 Å². The molecule has 0 bridgehead atoms. The highest BCUT2D eigenvalue weighted by molar-refractivity contribution is 5.18. The van der Waals surface area contributed by atoms with Gasteiger partial charge in [0, 0.05) is 19.6 Å². The summed E-state index contributed by atoms with van der Waals surface area (Å²) in [6, 6.07) is 10.4. The molecule has 3 nitrogen and oxygen atoms in total. The molecule has 0 aromatic heterocycles. The smallest absolute Gasteiger partial charge is 0.0791 e. The van der Waals surface area contributed by atoms with Gasteiger partial charge in [0.05, 0.1) is 6.10 Å². The van der Waals surface area contributed by atoms with Crippen molar-refractivity contribution in [2.24, 2.45) is 0 Å². The molecule has 96 valence electrons. The van der Waals surface area contributed by atoms with Gasteiger partial charge in [-0.05, 0) is 25.6 Å². The van der Waals surface area contributed by atoms with E-state index in [1.165, 1.54) is 5.56 Å². The first-order valence-electron chi connectivity index (χ1n) is 6.18. The Balaban J connectivity index is 2.23. The SMILES string of the molecule is CC(CNCC(O)CN(C)C)c1ccccc1. The van der Waals surface area contributed by atoms with Crippen LogP contribution in [0.25, 0.3) is 0 Å². The Morgan fingerprint density at radius 2 is 1.82 bits per heavy atom. The molecule has 1 aromatic rings. The lowest BCUT2D eigenvalue weighted by atomic mass is 10.0. The topological polar surface area (TPSA) is 35.5 Å². The Morgan fingerprint density at radius 1 is 1.18 bits per heavy atom. The Hall–Kier alpha value is -0.900. The van der Waals surface area contributed by atoms with Crippen LogP contribution in [0.15, 0.2) is 30.3 Å². The van der Waals surface area contributed by atoms with Crippen LogP contribution in [0.2, 0.25) is 0 Å². The van der Waals surface area contributed by atoms with Gasteiger partial charge in [-0.15, -0.1) is 0 Å². The second-order valence-electron chi connectivity index (χ2n) is 4.89. The van der Waals surface area contributed by atoms with Gasteiger partial charge in [0.1, 0.15) is 0 Å². The Kier molecular flexibility index (Phi) is 6.19. The first-order chi connectivity index (χ1) is 8.09. The molecule has 0 aliphatic heterocycles. The van der Waals surface area contributed by atoms with E-state index >= 15 is 0 Å². The van der Waals surface area contributed by atoms with Crippen LogP contribution in [0.3, 0.4) is 0 Å². The highest BCUT2D eigenvalue weighted by Crippen LogP contribution is 2.12. The first kappa shape index (κ1) is 14.2. The van der Waals surface area contributed by atoms with Gasteiger partial charge in [-0.2, -0.15) is 0 Å². The first-order valence-corrected chi connectivity index (χ1v) is 6.18. The van der Waals surface area contributed by atoms with Crippen molar-refractivity contribution in [1.82, 2.24) is 10.2 Å². The van der Waals surface area contributed by atoms with Crippen LogP contribution in [0.4, 0.5) is 0 Å². The highest BCUT2D eigenvalue weighted by Gasteiger charge is 2.07. The number of likely N-dealkylation sites (N-methyl/N-ethyl adjacent to an activating group) is 1. The lowest BCUT2D eigenvalue weighted by Crippen LogP contribution is -2.36. The van der Waals surface area contributed by atoms with Crippen LogP contribution >= 0.6 is 0 Å². The predicted octanol–water partition coefficient (Wildman–Crippen LogP) is 1.30. The Bertz CT molecular complexity index is 300. The maximum Gasteiger partial charge on any atom is 0.0791 e. The molecule has 0 aliphatic carbocycles. The average Bonchev–Trinajstić information content (AvgIpc) is 2.29. The molecule has 0 saturated carbocycles. The van der Waals surface area contributed by atoms with Crippen molar-refractivity contribution in [3.8, 4) is 0 Å². The summed E-state index contributed by atoms with van der Waals surface area (Å²) < 4.78 is 0. The van der Waals surface area contributed by atoms with E-state index in [9.17, 15) is 5.11 Å². The maximum absolute atomic E-state index is 9.70. The number of aliphatic hydroxyl groups excluding tert-OH is 1. The second-order valence-corrected chi connectivity index (χ2v) is 4.89. The number of hydrogen-bond acceptors (Lipinski definition) is 3. The standard InChI is InChI=1S/C14H24N2O/c1-12(13-7-5-4-6-8-13)9-15-10-14(17)11-16(2)3/h4-8,12,14-15,17H,9-11H2,1-3H3. The van der Waals surface area contributed by atoms with Crippen molar-refractivity contribution in [2.45, 2.75) is 18.9 Å². The number of rotatable bonds is 7. The van der Waals surface area contributed by atoms with E-state index in [4.69, 9.17) is 0 Å². The van der Waals surface area contributed by atoms with E-state index < -0.39 is 0 Å². The number of nitrogens with zero attached hydrogens (tertiary/aromatic N) is 1. The zero-order valence-electron chi connectivity index (χ0n) is 11.1. The molecule has 0 radical (unpaired) electrons. The quantitative estimate of drug-likeness (QED) is 0.749. The second kappa shape index (κ2) is 7.43. The summed E-state index contributed by atoms with van der Waals surface area (Å²) in [7, 11) is 3.94. The Morgan fingerprint density at radius 3 is 2.41 bits per heavy atom. The molecule has 2 N–H and O–H groups in total. The van der Waals surface area contributed by atoms with E-state index in [1.54, 1.807) is 0 Å². The van der Waals surface area contributed by atoms with Gasteiger partial charge in [0.25, 0.3) is 0 Å². The lowest BCUT2D eigenvalue weighted by molar-refractivity contribution is 0.134. The molecule has 0 heterocycles. The van der Waals surface area contributed by atoms with E-state index in [0.717, 1.165) is 6.54 Å². The molecule has 2 unspecified atom stereocenters. The van der Waals surface area contributed by atoms with Crippen molar-refractivity contribution in [2.75, 3.05) is 33.7 Å². The van der Waals surface area contributed by atoms with Crippen molar-refractivity contribution < 1.29 is 5.11 Å². The van der Waals surface area contributed by atoms with E-state index in [1.807, 2.05) is 25.1 Å². The van der Waals surface area contributed by atoms with E-state index in [-0.39, 0.29) is 6.10 Å². The Labute approximate surface area is 104 Å². The van der Waals surface area contributed by atoms with Gasteiger partial charge in [-0.3, -0.25) is 0 Å². The molecule has 3 heteroatoms. The molecule has 1 rings (SSSR count). The summed E-state index contributed by atoms with van der Waals surface area (Å²) in [5, 5.41) is 13.0. The molecule has 2 atom stereocenters. The third kappa shape index (κ3) is 5.82. The molecule has 1 aromatic carbocycles. The third-order valence-corrected chi connectivity index (χ3v) is 2.77. The average molecular weight is 236 g/mol. The fourth-order valence-electron chi connectivity index (χ4n) is 1.85. The number of nitrogens with one attached hydrogen (secondary N) is 1. The van der Waals surface area contributed by atoms with Crippen LogP contribution in [-0.2, 0) is 0 Å². The molecular weight excluding hydrogens is 212 g/mol. The number of hydrogen-bond donors (Lipinski definition) is 2.